The third-order valence-corrected chi connectivity index (χ3v) is 1.52. The van der Waals surface area contributed by atoms with Crippen molar-refractivity contribution in [1.82, 2.24) is 0 Å². The van der Waals surface area contributed by atoms with Gasteiger partial charge >= 0.3 is 11.8 Å². The van der Waals surface area contributed by atoms with Gasteiger partial charge in [-0.05, 0) is 0 Å². The van der Waals surface area contributed by atoms with Gasteiger partial charge in [-0.3, -0.25) is 0 Å². The molecule has 0 radical (unpaired) electrons. The molecule has 10 heavy (non-hydrogen) atoms. The van der Waals surface area contributed by atoms with E-state index in [1.54, 1.807) is 0 Å². The number of hydrogen-bond donors (Lipinski definition) is 0. The number of hydrogen-bond acceptors (Lipinski definition) is 0. The summed E-state index contributed by atoms with van der Waals surface area (Å²) in [5, 5.41) is 0. The van der Waals surface area contributed by atoms with Crippen molar-refractivity contribution in [3.63, 3.8) is 0 Å². The van der Waals surface area contributed by atoms with Gasteiger partial charge in [-0.2, -0.15) is 17.6 Å². The minimum absolute atomic E-state index is 0.863. The minimum Gasteiger partial charge on any atom is -0.194 e. The van der Waals surface area contributed by atoms with Crippen molar-refractivity contribution in [2.75, 3.05) is 0 Å². The maximum atomic E-state index is 12.0. The van der Waals surface area contributed by atoms with Crippen LogP contribution in [0.5, 0.6) is 0 Å². The lowest BCUT2D eigenvalue weighted by Gasteiger charge is -2.39. The Hall–Kier alpha value is -0.800. The molecule has 0 saturated heterocycles. The zero-order chi connectivity index (χ0) is 8.15. The molecule has 0 nitrogen and oxygen atoms in total. The second-order valence-electron chi connectivity index (χ2n) is 2.11. The summed E-state index contributed by atoms with van der Waals surface area (Å²) in [6.07, 6.45) is 0. The van der Waals surface area contributed by atoms with Crippen LogP contribution in [-0.2, 0) is 0 Å². The molecule has 0 unspecified atom stereocenters. The number of alkyl halides is 4. The van der Waals surface area contributed by atoms with Crippen LogP contribution in [0, 0.1) is 0 Å². The van der Waals surface area contributed by atoms with Gasteiger partial charge in [0.15, 0.2) is 0 Å². The predicted octanol–water partition coefficient (Wildman–Crippen LogP) is 2.38. The lowest BCUT2D eigenvalue weighted by atomic mass is 9.79. The number of rotatable bonds is 0. The van der Waals surface area contributed by atoms with Crippen molar-refractivity contribution in [3.8, 4) is 0 Å². The van der Waals surface area contributed by atoms with E-state index in [0.717, 1.165) is 0 Å². The van der Waals surface area contributed by atoms with Gasteiger partial charge < -0.3 is 0 Å². The van der Waals surface area contributed by atoms with E-state index in [2.05, 4.69) is 13.2 Å². The van der Waals surface area contributed by atoms with Gasteiger partial charge in [0.1, 0.15) is 0 Å². The zero-order valence-corrected chi connectivity index (χ0v) is 4.93. The first kappa shape index (κ1) is 7.31. The Bertz CT molecular complexity index is 190. The van der Waals surface area contributed by atoms with Crippen LogP contribution in [-0.4, -0.2) is 11.8 Å². The second-order valence-corrected chi connectivity index (χ2v) is 2.11. The van der Waals surface area contributed by atoms with E-state index >= 15 is 0 Å². The van der Waals surface area contributed by atoms with E-state index in [9.17, 15) is 17.6 Å². The second kappa shape index (κ2) is 1.44. The molecule has 1 rings (SSSR count). The third-order valence-electron chi connectivity index (χ3n) is 1.52. The van der Waals surface area contributed by atoms with Crippen molar-refractivity contribution in [2.24, 2.45) is 0 Å². The number of allylic oxidation sites excluding steroid dienone is 2. The molecule has 0 aromatic carbocycles. The molecule has 0 atom stereocenters. The minimum atomic E-state index is -4.08. The molecule has 0 aromatic rings. The monoisotopic (exact) mass is 152 g/mol. The van der Waals surface area contributed by atoms with Crippen LogP contribution in [0.25, 0.3) is 0 Å². The van der Waals surface area contributed by atoms with Crippen LogP contribution in [0.4, 0.5) is 17.6 Å². The van der Waals surface area contributed by atoms with Crippen molar-refractivity contribution in [3.05, 3.63) is 24.3 Å². The van der Waals surface area contributed by atoms with Gasteiger partial charge in [0.05, 0.1) is 0 Å². The van der Waals surface area contributed by atoms with E-state index in [1.165, 1.54) is 0 Å². The molecule has 4 heteroatoms. The molecule has 0 aliphatic heterocycles. The molecule has 1 aliphatic rings. The Labute approximate surface area is 54.8 Å². The highest BCUT2D eigenvalue weighted by atomic mass is 19.3. The van der Waals surface area contributed by atoms with E-state index < -0.39 is 23.0 Å². The largest absolute Gasteiger partial charge is 0.339 e. The Morgan fingerprint density at radius 1 is 0.800 bits per heavy atom. The summed E-state index contributed by atoms with van der Waals surface area (Å²) < 4.78 is 48.2. The molecule has 0 aromatic heterocycles. The highest BCUT2D eigenvalue weighted by molar-refractivity contribution is 5.52. The van der Waals surface area contributed by atoms with Crippen molar-refractivity contribution < 1.29 is 17.6 Å². The summed E-state index contributed by atoms with van der Waals surface area (Å²) in [4.78, 5) is 0. The van der Waals surface area contributed by atoms with E-state index in [4.69, 9.17) is 0 Å². The van der Waals surface area contributed by atoms with Gasteiger partial charge in [0.2, 0.25) is 0 Å². The first-order valence-electron chi connectivity index (χ1n) is 2.46. The SMILES string of the molecule is C=C1C(=C)C(F)(F)C1(F)F. The Kier molecular flexibility index (Phi) is 1.05. The highest BCUT2D eigenvalue weighted by Crippen LogP contribution is 2.57. The van der Waals surface area contributed by atoms with Crippen LogP contribution in [0.3, 0.4) is 0 Å². The van der Waals surface area contributed by atoms with Crippen molar-refractivity contribution in [2.45, 2.75) is 11.8 Å². The lowest BCUT2D eigenvalue weighted by molar-refractivity contribution is -0.193. The average molecular weight is 152 g/mol. The first-order valence-corrected chi connectivity index (χ1v) is 2.46. The van der Waals surface area contributed by atoms with Crippen LogP contribution in [0.1, 0.15) is 0 Å². The van der Waals surface area contributed by atoms with Gasteiger partial charge in [-0.25, -0.2) is 0 Å². The van der Waals surface area contributed by atoms with Crippen LogP contribution in [0.15, 0.2) is 24.3 Å². The van der Waals surface area contributed by atoms with Crippen molar-refractivity contribution >= 4 is 0 Å². The molecule has 56 valence electrons. The molecular formula is C6H4F4. The average Bonchev–Trinajstić information content (AvgIpc) is 1.84. The van der Waals surface area contributed by atoms with Crippen LogP contribution >= 0.6 is 0 Å². The molecule has 1 aliphatic carbocycles. The summed E-state index contributed by atoms with van der Waals surface area (Å²) in [6.45, 7) is 5.52. The maximum Gasteiger partial charge on any atom is 0.339 e. The van der Waals surface area contributed by atoms with E-state index in [0.29, 0.717) is 0 Å². The van der Waals surface area contributed by atoms with Gasteiger partial charge in [0, 0.05) is 11.1 Å². The van der Waals surface area contributed by atoms with E-state index in [1.807, 2.05) is 0 Å². The maximum absolute atomic E-state index is 12.0. The lowest BCUT2D eigenvalue weighted by Crippen LogP contribution is -2.54. The third kappa shape index (κ3) is 0.473. The first-order chi connectivity index (χ1) is 4.32. The molecule has 1 fully saturated rings. The van der Waals surface area contributed by atoms with Crippen molar-refractivity contribution in [1.29, 1.82) is 0 Å². The summed E-state index contributed by atoms with van der Waals surface area (Å²) in [5.41, 5.74) is -1.73. The molecule has 0 heterocycles. The fourth-order valence-corrected chi connectivity index (χ4v) is 0.696. The molecule has 0 spiro atoms. The Morgan fingerprint density at radius 2 is 1.00 bits per heavy atom. The fraction of sp³-hybridized carbons (Fsp3) is 0.333. The molecule has 0 bridgehead atoms. The summed E-state index contributed by atoms with van der Waals surface area (Å²) in [6, 6.07) is 0. The summed E-state index contributed by atoms with van der Waals surface area (Å²) >= 11 is 0. The normalized spacial score (nSPS) is 28.0. The van der Waals surface area contributed by atoms with Gasteiger partial charge in [-0.1, -0.05) is 13.2 Å². The predicted molar refractivity (Wildman–Crippen MR) is 28.2 cm³/mol. The van der Waals surface area contributed by atoms with E-state index in [-0.39, 0.29) is 0 Å². The standard InChI is InChI=1S/C6H4F4/c1-3-4(2)6(9,10)5(3,7)8/h1-2H2. The fourth-order valence-electron chi connectivity index (χ4n) is 0.696. The Morgan fingerprint density at radius 3 is 1.10 bits per heavy atom. The Balaban J connectivity index is 3.04. The number of halogens is 4. The van der Waals surface area contributed by atoms with Crippen LogP contribution < -0.4 is 0 Å². The molecule has 0 amide bonds. The quantitative estimate of drug-likeness (QED) is 0.467. The highest BCUT2D eigenvalue weighted by Gasteiger charge is 2.70. The zero-order valence-electron chi connectivity index (χ0n) is 4.93. The van der Waals surface area contributed by atoms with Gasteiger partial charge in [-0.15, -0.1) is 0 Å². The van der Waals surface area contributed by atoms with Gasteiger partial charge in [0.25, 0.3) is 0 Å². The topological polar surface area (TPSA) is 0 Å². The van der Waals surface area contributed by atoms with Crippen LogP contribution in [0.2, 0.25) is 0 Å². The molecule has 1 saturated carbocycles. The molecule has 0 N–H and O–H groups in total. The molecular weight excluding hydrogens is 148 g/mol. The summed E-state index contributed by atoms with van der Waals surface area (Å²) in [7, 11) is 0. The summed E-state index contributed by atoms with van der Waals surface area (Å²) in [5.74, 6) is -8.16. The smallest absolute Gasteiger partial charge is 0.194 e.